The summed E-state index contributed by atoms with van der Waals surface area (Å²) in [4.78, 5) is 24.5. The van der Waals surface area contributed by atoms with E-state index in [-0.39, 0.29) is 12.1 Å². The quantitative estimate of drug-likeness (QED) is 0.791. The van der Waals surface area contributed by atoms with Crippen LogP contribution in [0.15, 0.2) is 0 Å². The molecule has 1 rings (SSSR count). The van der Waals surface area contributed by atoms with Gasteiger partial charge in [-0.1, -0.05) is 13.8 Å². The number of nitrogens with one attached hydrogen (secondary N) is 1. The third-order valence-corrected chi connectivity index (χ3v) is 3.40. The molecule has 98 valence electrons. The molecule has 0 aromatic carbocycles. The average Bonchev–Trinajstić information content (AvgIpc) is 2.28. The lowest BCUT2D eigenvalue weighted by Crippen LogP contribution is -2.54. The monoisotopic (exact) mass is 242 g/mol. The molecule has 2 atom stereocenters. The Bertz CT molecular complexity index is 291. The molecule has 17 heavy (non-hydrogen) atoms. The van der Waals surface area contributed by atoms with Crippen molar-refractivity contribution in [1.29, 1.82) is 0 Å². The Morgan fingerprint density at radius 2 is 1.94 bits per heavy atom. The van der Waals surface area contributed by atoms with Crippen LogP contribution in [0.25, 0.3) is 0 Å². The number of aliphatic carboxylic acids is 1. The van der Waals surface area contributed by atoms with E-state index in [0.717, 1.165) is 12.8 Å². The number of hydrogen-bond acceptors (Lipinski definition) is 2. The Balaban J connectivity index is 2.62. The van der Waals surface area contributed by atoms with Gasteiger partial charge in [0.1, 0.15) is 6.04 Å². The van der Waals surface area contributed by atoms with Crippen LogP contribution in [-0.2, 0) is 4.79 Å². The van der Waals surface area contributed by atoms with Crippen LogP contribution < -0.4 is 5.32 Å². The minimum atomic E-state index is -0.906. The number of carbonyl (C=O) groups is 2. The minimum absolute atomic E-state index is 0.0545. The van der Waals surface area contributed by atoms with Crippen LogP contribution in [0.5, 0.6) is 0 Å². The summed E-state index contributed by atoms with van der Waals surface area (Å²) >= 11 is 0. The van der Waals surface area contributed by atoms with Gasteiger partial charge >= 0.3 is 12.0 Å². The molecule has 1 saturated heterocycles. The van der Waals surface area contributed by atoms with Gasteiger partial charge in [-0.05, 0) is 32.1 Å². The van der Waals surface area contributed by atoms with Crippen LogP contribution in [0.2, 0.25) is 0 Å². The van der Waals surface area contributed by atoms with Crippen LogP contribution >= 0.6 is 0 Å². The summed E-state index contributed by atoms with van der Waals surface area (Å²) in [5.41, 5.74) is 0. The number of piperidine rings is 1. The van der Waals surface area contributed by atoms with E-state index in [1.165, 1.54) is 4.90 Å². The highest BCUT2D eigenvalue weighted by atomic mass is 16.4. The second-order valence-corrected chi connectivity index (χ2v) is 5.03. The zero-order valence-electron chi connectivity index (χ0n) is 10.8. The number of nitrogens with zero attached hydrogens (tertiary/aromatic N) is 1. The summed E-state index contributed by atoms with van der Waals surface area (Å²) in [6.45, 7) is 6.52. The molecule has 0 aliphatic carbocycles. The van der Waals surface area contributed by atoms with E-state index >= 15 is 0 Å². The first-order valence-electron chi connectivity index (χ1n) is 6.23. The van der Waals surface area contributed by atoms with E-state index in [2.05, 4.69) is 5.32 Å². The molecular formula is C12H22N2O3. The molecule has 2 unspecified atom stereocenters. The summed E-state index contributed by atoms with van der Waals surface area (Å²) in [6, 6.07) is -0.861. The van der Waals surface area contributed by atoms with Crippen molar-refractivity contribution in [2.45, 2.75) is 52.1 Å². The molecule has 1 aliphatic heterocycles. The van der Waals surface area contributed by atoms with E-state index in [0.29, 0.717) is 18.9 Å². The molecule has 1 fully saturated rings. The van der Waals surface area contributed by atoms with Crippen LogP contribution in [0.1, 0.15) is 40.0 Å². The number of rotatable bonds is 3. The van der Waals surface area contributed by atoms with Crippen molar-refractivity contribution >= 4 is 12.0 Å². The number of carboxylic acid groups (broad SMARTS) is 1. The molecule has 0 saturated carbocycles. The van der Waals surface area contributed by atoms with E-state index in [9.17, 15) is 9.59 Å². The highest BCUT2D eigenvalue weighted by molar-refractivity contribution is 5.83. The lowest BCUT2D eigenvalue weighted by atomic mass is 10.0. The molecule has 0 radical (unpaired) electrons. The molecule has 0 aromatic rings. The lowest BCUT2D eigenvalue weighted by Gasteiger charge is -2.34. The van der Waals surface area contributed by atoms with Crippen molar-refractivity contribution in [3.05, 3.63) is 0 Å². The van der Waals surface area contributed by atoms with Crippen molar-refractivity contribution in [3.8, 4) is 0 Å². The van der Waals surface area contributed by atoms with E-state index in [1.54, 1.807) is 0 Å². The van der Waals surface area contributed by atoms with Gasteiger partial charge in [-0.2, -0.15) is 0 Å². The van der Waals surface area contributed by atoms with Gasteiger partial charge in [0, 0.05) is 12.6 Å². The number of carbonyl (C=O) groups excluding carboxylic acids is 1. The maximum atomic E-state index is 12.0. The molecule has 0 bridgehead atoms. The Morgan fingerprint density at radius 1 is 1.29 bits per heavy atom. The predicted octanol–water partition coefficient (Wildman–Crippen LogP) is 1.68. The molecule has 0 spiro atoms. The van der Waals surface area contributed by atoms with Crippen LogP contribution in [0, 0.1) is 5.92 Å². The van der Waals surface area contributed by atoms with Gasteiger partial charge in [0.15, 0.2) is 0 Å². The fraction of sp³-hybridized carbons (Fsp3) is 0.833. The molecular weight excluding hydrogens is 220 g/mol. The first-order chi connectivity index (χ1) is 7.93. The van der Waals surface area contributed by atoms with Crippen LogP contribution in [0.3, 0.4) is 0 Å². The Morgan fingerprint density at radius 3 is 2.47 bits per heavy atom. The number of urea groups is 1. The largest absolute Gasteiger partial charge is 0.480 e. The first kappa shape index (κ1) is 13.8. The number of amides is 2. The fourth-order valence-corrected chi connectivity index (χ4v) is 1.88. The molecule has 1 aliphatic rings. The van der Waals surface area contributed by atoms with Gasteiger partial charge in [-0.3, -0.25) is 0 Å². The lowest BCUT2D eigenvalue weighted by molar-refractivity contribution is -0.143. The van der Waals surface area contributed by atoms with Crippen molar-refractivity contribution in [2.75, 3.05) is 6.54 Å². The highest BCUT2D eigenvalue weighted by Crippen LogP contribution is 2.17. The summed E-state index contributed by atoms with van der Waals surface area (Å²) in [7, 11) is 0. The molecule has 0 aromatic heterocycles. The third-order valence-electron chi connectivity index (χ3n) is 3.40. The maximum Gasteiger partial charge on any atom is 0.326 e. The Labute approximate surface area is 102 Å². The number of hydrogen-bond donors (Lipinski definition) is 2. The molecule has 2 N–H and O–H groups in total. The maximum absolute atomic E-state index is 12.0. The molecule has 5 heteroatoms. The standard InChI is InChI=1S/C12H22N2O3/c1-8(2)9(3)13-12(17)14-7-5-4-6-10(14)11(15)16/h8-10H,4-7H2,1-3H3,(H,13,17)(H,15,16). The topological polar surface area (TPSA) is 69.6 Å². The van der Waals surface area contributed by atoms with Gasteiger partial charge in [-0.25, -0.2) is 9.59 Å². The zero-order valence-corrected chi connectivity index (χ0v) is 10.8. The van der Waals surface area contributed by atoms with Crippen molar-refractivity contribution in [1.82, 2.24) is 10.2 Å². The van der Waals surface area contributed by atoms with Crippen LogP contribution in [-0.4, -0.2) is 40.6 Å². The summed E-state index contributed by atoms with van der Waals surface area (Å²) in [5, 5.41) is 11.9. The van der Waals surface area contributed by atoms with Crippen LogP contribution in [0.4, 0.5) is 4.79 Å². The SMILES string of the molecule is CC(C)C(C)NC(=O)N1CCCCC1C(=O)O. The normalized spacial score (nSPS) is 22.4. The van der Waals surface area contributed by atoms with Crippen molar-refractivity contribution in [3.63, 3.8) is 0 Å². The van der Waals surface area contributed by atoms with E-state index in [1.807, 2.05) is 20.8 Å². The predicted molar refractivity (Wildman–Crippen MR) is 64.8 cm³/mol. The summed E-state index contributed by atoms with van der Waals surface area (Å²) in [5.74, 6) is -0.566. The Hall–Kier alpha value is -1.26. The van der Waals surface area contributed by atoms with Gasteiger partial charge in [0.2, 0.25) is 0 Å². The van der Waals surface area contributed by atoms with Crippen molar-refractivity contribution < 1.29 is 14.7 Å². The first-order valence-corrected chi connectivity index (χ1v) is 6.23. The number of likely N-dealkylation sites (tertiary alicyclic amines) is 1. The van der Waals surface area contributed by atoms with Gasteiger partial charge < -0.3 is 15.3 Å². The van der Waals surface area contributed by atoms with E-state index < -0.39 is 12.0 Å². The third kappa shape index (κ3) is 3.61. The summed E-state index contributed by atoms with van der Waals surface area (Å²) in [6.07, 6.45) is 2.31. The highest BCUT2D eigenvalue weighted by Gasteiger charge is 2.32. The zero-order chi connectivity index (χ0) is 13.0. The van der Waals surface area contributed by atoms with Gasteiger partial charge in [0.25, 0.3) is 0 Å². The minimum Gasteiger partial charge on any atom is -0.480 e. The molecule has 5 nitrogen and oxygen atoms in total. The smallest absolute Gasteiger partial charge is 0.326 e. The van der Waals surface area contributed by atoms with E-state index in [4.69, 9.17) is 5.11 Å². The van der Waals surface area contributed by atoms with Gasteiger partial charge in [0.05, 0.1) is 0 Å². The van der Waals surface area contributed by atoms with Gasteiger partial charge in [-0.15, -0.1) is 0 Å². The molecule has 2 amide bonds. The Kier molecular flexibility index (Phi) is 4.78. The molecule has 1 heterocycles. The second kappa shape index (κ2) is 5.89. The average molecular weight is 242 g/mol. The fourth-order valence-electron chi connectivity index (χ4n) is 1.88. The summed E-state index contributed by atoms with van der Waals surface area (Å²) < 4.78 is 0. The van der Waals surface area contributed by atoms with Crippen molar-refractivity contribution in [2.24, 2.45) is 5.92 Å². The number of carboxylic acids is 1. The second-order valence-electron chi connectivity index (χ2n) is 5.03.